The number of imide groups is 1. The molecule has 1 aliphatic heterocycles. The van der Waals surface area contributed by atoms with Crippen molar-refractivity contribution in [3.05, 3.63) is 71.9 Å². The molecule has 0 bridgehead atoms. The number of aromatic nitrogens is 1. The van der Waals surface area contributed by atoms with Gasteiger partial charge in [0.1, 0.15) is 23.4 Å². The zero-order valence-electron chi connectivity index (χ0n) is 29.3. The summed E-state index contributed by atoms with van der Waals surface area (Å²) in [6, 6.07) is 11.9. The fourth-order valence-electron chi connectivity index (χ4n) is 6.87. The summed E-state index contributed by atoms with van der Waals surface area (Å²) in [6.45, 7) is 9.46. The number of carbonyl (C=O) groups is 3. The van der Waals surface area contributed by atoms with Crippen LogP contribution in [0.2, 0.25) is 5.02 Å². The molecule has 274 valence electrons. The molecule has 0 unspecified atom stereocenters. The van der Waals surface area contributed by atoms with Gasteiger partial charge in [-0.25, -0.2) is 13.4 Å². The summed E-state index contributed by atoms with van der Waals surface area (Å²) in [6.07, 6.45) is 3.58. The molecular formula is C37H41ClN6O7S. The van der Waals surface area contributed by atoms with E-state index in [9.17, 15) is 28.1 Å². The molecule has 3 aliphatic rings. The third-order valence-electron chi connectivity index (χ3n) is 9.91. The van der Waals surface area contributed by atoms with E-state index in [1.807, 2.05) is 20.8 Å². The summed E-state index contributed by atoms with van der Waals surface area (Å²) in [5.74, 6) is -1.76. The Morgan fingerprint density at radius 1 is 1.15 bits per heavy atom. The predicted molar refractivity (Wildman–Crippen MR) is 195 cm³/mol. The second kappa shape index (κ2) is 14.0. The molecule has 0 radical (unpaired) electrons. The average molecular weight is 749 g/mol. The van der Waals surface area contributed by atoms with Crippen molar-refractivity contribution < 1.29 is 32.3 Å². The number of methoxy groups -OCH3 is 1. The molecule has 6 rings (SSSR count). The van der Waals surface area contributed by atoms with E-state index in [0.29, 0.717) is 45.6 Å². The molecule has 3 N–H and O–H groups in total. The van der Waals surface area contributed by atoms with Crippen LogP contribution < -0.4 is 24.8 Å². The van der Waals surface area contributed by atoms with Crippen molar-refractivity contribution >= 4 is 55.8 Å². The molecule has 15 heteroatoms. The van der Waals surface area contributed by atoms with Crippen molar-refractivity contribution in [3.8, 4) is 17.7 Å². The lowest BCUT2D eigenvalue weighted by Crippen LogP contribution is -2.59. The highest BCUT2D eigenvalue weighted by atomic mass is 35.5. The number of benzene rings is 2. The summed E-state index contributed by atoms with van der Waals surface area (Å²) >= 11 is 6.34. The van der Waals surface area contributed by atoms with Crippen LogP contribution >= 0.6 is 11.6 Å². The van der Waals surface area contributed by atoms with E-state index in [1.165, 1.54) is 13.3 Å². The number of fused-ring (bicyclic) bond motifs is 1. The van der Waals surface area contributed by atoms with Gasteiger partial charge in [-0.05, 0) is 67.1 Å². The van der Waals surface area contributed by atoms with Crippen molar-refractivity contribution in [2.45, 2.75) is 75.4 Å². The van der Waals surface area contributed by atoms with Gasteiger partial charge < -0.3 is 14.8 Å². The standard InChI is InChI=1S/C37H41ClN6O7S/c1-6-22-17-37(22,35(47)43-52(48,49)26-12-13-26)44-20-25(51-34-28-15-23(38)9-14-27(28)30(50-5)19-40-34)16-29(44)32(45)42-33(46)31(36(2,3)4)41-24-10-7-21(18-39)8-11-24/h6-11,14-15,19,22,25-26,29,31,41H,1,12-13,16-17,20H2,2-5H3,(H,43,47)(H,42,45,46)/t22-,25-,29+,31+,37-/m1/s1. The molecule has 3 fully saturated rings. The normalized spacial score (nSPS) is 23.6. The van der Waals surface area contributed by atoms with E-state index in [-0.39, 0.29) is 25.3 Å². The second-order valence-electron chi connectivity index (χ2n) is 14.6. The van der Waals surface area contributed by atoms with Crippen molar-refractivity contribution in [1.82, 2.24) is 19.9 Å². The number of nitrogens with one attached hydrogen (secondary N) is 3. The van der Waals surface area contributed by atoms with Crippen LogP contribution in [0.25, 0.3) is 10.8 Å². The Labute approximate surface area is 307 Å². The molecule has 5 atom stereocenters. The highest BCUT2D eigenvalue weighted by Gasteiger charge is 2.67. The molecule has 13 nitrogen and oxygen atoms in total. The van der Waals surface area contributed by atoms with E-state index < -0.39 is 68.1 Å². The molecule has 52 heavy (non-hydrogen) atoms. The van der Waals surface area contributed by atoms with Crippen LogP contribution in [0.15, 0.2) is 61.3 Å². The highest BCUT2D eigenvalue weighted by molar-refractivity contribution is 7.91. The predicted octanol–water partition coefficient (Wildman–Crippen LogP) is 4.31. The third-order valence-corrected chi connectivity index (χ3v) is 12.0. The lowest BCUT2D eigenvalue weighted by atomic mass is 9.85. The number of pyridine rings is 1. The third kappa shape index (κ3) is 7.30. The van der Waals surface area contributed by atoms with Gasteiger partial charge in [0.2, 0.25) is 27.7 Å². The molecule has 1 saturated heterocycles. The Kier molecular flexibility index (Phi) is 9.99. The lowest BCUT2D eigenvalue weighted by molar-refractivity contribution is -0.136. The van der Waals surface area contributed by atoms with Crippen LogP contribution in [0.3, 0.4) is 0 Å². The van der Waals surface area contributed by atoms with Gasteiger partial charge in [-0.3, -0.25) is 29.3 Å². The molecule has 0 spiro atoms. The van der Waals surface area contributed by atoms with Gasteiger partial charge in [-0.15, -0.1) is 6.58 Å². The second-order valence-corrected chi connectivity index (χ2v) is 17.0. The maximum absolute atomic E-state index is 14.2. The van der Waals surface area contributed by atoms with Crippen LogP contribution in [0.1, 0.15) is 52.0 Å². The Hall–Kier alpha value is -4.71. The van der Waals surface area contributed by atoms with Crippen molar-refractivity contribution in [2.24, 2.45) is 11.3 Å². The number of halogens is 1. The summed E-state index contributed by atoms with van der Waals surface area (Å²) in [5, 5.41) is 16.0. The monoisotopic (exact) mass is 748 g/mol. The largest absolute Gasteiger partial charge is 0.494 e. The lowest BCUT2D eigenvalue weighted by Gasteiger charge is -2.34. The van der Waals surface area contributed by atoms with Gasteiger partial charge in [0.05, 0.1) is 36.2 Å². The molecule has 2 saturated carbocycles. The van der Waals surface area contributed by atoms with Crippen LogP contribution in [0.4, 0.5) is 5.69 Å². The first-order chi connectivity index (χ1) is 24.6. The van der Waals surface area contributed by atoms with Crippen molar-refractivity contribution in [2.75, 3.05) is 19.0 Å². The summed E-state index contributed by atoms with van der Waals surface area (Å²) < 4.78 is 40.1. The minimum Gasteiger partial charge on any atom is -0.494 e. The van der Waals surface area contributed by atoms with E-state index in [4.69, 9.17) is 21.1 Å². The molecule has 3 amide bonds. The number of hydrogen-bond donors (Lipinski definition) is 3. The number of sulfonamides is 1. The number of nitriles is 1. The van der Waals surface area contributed by atoms with Crippen LogP contribution in [0.5, 0.6) is 11.6 Å². The molecule has 2 heterocycles. The number of anilines is 1. The molecule has 1 aromatic heterocycles. The first kappa shape index (κ1) is 37.1. The topological polar surface area (TPSA) is 180 Å². The minimum absolute atomic E-state index is 0.0372. The van der Waals surface area contributed by atoms with E-state index in [1.54, 1.807) is 53.4 Å². The van der Waals surface area contributed by atoms with E-state index in [0.717, 1.165) is 0 Å². The van der Waals surface area contributed by atoms with Gasteiger partial charge in [0, 0.05) is 40.4 Å². The SMILES string of the molecule is C=C[C@@H]1C[C@@]1(C(=O)NS(=O)(=O)C1CC1)N1C[C@H](Oc2ncc(OC)c3ccc(Cl)cc23)C[C@H]1C(=O)NC(=O)[C@H](Nc1ccc(C#N)cc1)C(C)(C)C. The minimum atomic E-state index is -3.91. The molecular weight excluding hydrogens is 708 g/mol. The van der Waals surface area contributed by atoms with Crippen molar-refractivity contribution in [3.63, 3.8) is 0 Å². The zero-order chi connectivity index (χ0) is 37.6. The maximum atomic E-state index is 14.2. The van der Waals surface area contributed by atoms with E-state index in [2.05, 4.69) is 33.0 Å². The summed E-state index contributed by atoms with van der Waals surface area (Å²) in [5.41, 5.74) is -1.05. The number of rotatable bonds is 12. The van der Waals surface area contributed by atoms with Gasteiger partial charge in [0.15, 0.2) is 0 Å². The Morgan fingerprint density at radius 3 is 2.46 bits per heavy atom. The van der Waals surface area contributed by atoms with Crippen LogP contribution in [-0.4, -0.2) is 78.7 Å². The molecule has 2 aliphatic carbocycles. The summed E-state index contributed by atoms with van der Waals surface area (Å²) in [7, 11) is -2.39. The highest BCUT2D eigenvalue weighted by Crippen LogP contribution is 2.53. The van der Waals surface area contributed by atoms with Crippen LogP contribution in [0, 0.1) is 22.7 Å². The summed E-state index contributed by atoms with van der Waals surface area (Å²) in [4.78, 5) is 48.2. The van der Waals surface area contributed by atoms with Crippen LogP contribution in [-0.2, 0) is 24.4 Å². The van der Waals surface area contributed by atoms with Crippen molar-refractivity contribution in [1.29, 1.82) is 5.26 Å². The fourth-order valence-corrected chi connectivity index (χ4v) is 8.40. The van der Waals surface area contributed by atoms with Gasteiger partial charge >= 0.3 is 0 Å². The average Bonchev–Trinajstić information content (AvgIpc) is 4.03. The fraction of sp³-hybridized carbons (Fsp3) is 0.432. The Morgan fingerprint density at radius 2 is 1.87 bits per heavy atom. The first-order valence-electron chi connectivity index (χ1n) is 17.0. The van der Waals surface area contributed by atoms with Gasteiger partial charge in [-0.1, -0.05) is 38.4 Å². The number of ether oxygens (including phenoxy) is 2. The number of hydrogen-bond acceptors (Lipinski definition) is 11. The maximum Gasteiger partial charge on any atom is 0.254 e. The van der Waals surface area contributed by atoms with Gasteiger partial charge in [-0.2, -0.15) is 5.26 Å². The zero-order valence-corrected chi connectivity index (χ0v) is 30.9. The molecule has 2 aromatic carbocycles. The number of nitrogens with zero attached hydrogens (tertiary/aromatic N) is 3. The Balaban J connectivity index is 1.31. The smallest absolute Gasteiger partial charge is 0.254 e. The number of carbonyl (C=O) groups excluding carboxylic acids is 3. The number of amides is 3. The van der Waals surface area contributed by atoms with Gasteiger partial charge in [0.25, 0.3) is 5.91 Å². The quantitative estimate of drug-likeness (QED) is 0.225. The Bertz CT molecular complexity index is 2080. The van der Waals surface area contributed by atoms with E-state index >= 15 is 0 Å². The first-order valence-corrected chi connectivity index (χ1v) is 18.9. The number of likely N-dealkylation sites (tertiary alicyclic amines) is 1. The molecule has 3 aromatic rings.